The first-order valence-corrected chi connectivity index (χ1v) is 8.71. The van der Waals surface area contributed by atoms with E-state index in [-0.39, 0.29) is 12.0 Å². The second kappa shape index (κ2) is 7.37. The average Bonchev–Trinajstić information content (AvgIpc) is 2.56. The fraction of sp³-hybridized carbons (Fsp3) is 0.350. The first kappa shape index (κ1) is 17.0. The van der Waals surface area contributed by atoms with Crippen LogP contribution in [-0.2, 0) is 4.79 Å². The van der Waals surface area contributed by atoms with Crippen molar-refractivity contribution in [3.63, 3.8) is 0 Å². The van der Waals surface area contributed by atoms with Crippen molar-refractivity contribution in [3.05, 3.63) is 70.2 Å². The molecule has 2 aromatic rings. The third-order valence-electron chi connectivity index (χ3n) is 4.77. The van der Waals surface area contributed by atoms with Crippen molar-refractivity contribution in [1.82, 2.24) is 4.90 Å². The molecule has 3 nitrogen and oxygen atoms in total. The van der Waals surface area contributed by atoms with E-state index in [0.717, 1.165) is 23.7 Å². The highest BCUT2D eigenvalue weighted by Gasteiger charge is 2.30. The van der Waals surface area contributed by atoms with Gasteiger partial charge in [-0.15, -0.1) is 0 Å². The Balaban J connectivity index is 1.93. The number of halogens is 1. The fourth-order valence-corrected chi connectivity index (χ4v) is 3.73. The summed E-state index contributed by atoms with van der Waals surface area (Å²) in [7, 11) is 0. The zero-order valence-corrected chi connectivity index (χ0v) is 14.5. The van der Waals surface area contributed by atoms with Gasteiger partial charge in [0.2, 0.25) is 0 Å². The number of carbonyl (C=O) groups is 1. The summed E-state index contributed by atoms with van der Waals surface area (Å²) < 4.78 is 0. The summed E-state index contributed by atoms with van der Waals surface area (Å²) in [4.78, 5) is 13.6. The lowest BCUT2D eigenvalue weighted by Gasteiger charge is -2.37. The second-order valence-electron chi connectivity index (χ2n) is 6.52. The van der Waals surface area contributed by atoms with Crippen molar-refractivity contribution < 1.29 is 9.90 Å². The summed E-state index contributed by atoms with van der Waals surface area (Å²) in [5, 5.41) is 9.96. The van der Waals surface area contributed by atoms with Gasteiger partial charge in [0.25, 0.3) is 0 Å². The molecule has 0 amide bonds. The van der Waals surface area contributed by atoms with Crippen LogP contribution in [0.15, 0.2) is 48.5 Å². The molecule has 1 atom stereocenters. The number of carboxylic acids is 1. The molecule has 2 aromatic carbocycles. The largest absolute Gasteiger partial charge is 0.481 e. The van der Waals surface area contributed by atoms with Gasteiger partial charge in [0.05, 0.1) is 12.0 Å². The Bertz CT molecular complexity index is 678. The predicted octanol–water partition coefficient (Wildman–Crippen LogP) is 4.53. The van der Waals surface area contributed by atoms with E-state index in [9.17, 15) is 9.90 Å². The lowest BCUT2D eigenvalue weighted by Crippen LogP contribution is -2.39. The van der Waals surface area contributed by atoms with E-state index >= 15 is 0 Å². The molecule has 0 saturated carbocycles. The van der Waals surface area contributed by atoms with Gasteiger partial charge in [-0.25, -0.2) is 0 Å². The van der Waals surface area contributed by atoms with E-state index in [1.165, 1.54) is 11.1 Å². The highest BCUT2D eigenvalue weighted by molar-refractivity contribution is 6.30. The second-order valence-corrected chi connectivity index (χ2v) is 6.96. The molecule has 0 aromatic heterocycles. The van der Waals surface area contributed by atoms with Crippen molar-refractivity contribution in [1.29, 1.82) is 0 Å². The zero-order valence-electron chi connectivity index (χ0n) is 13.8. The first-order valence-electron chi connectivity index (χ1n) is 8.33. The molecular formula is C20H22ClNO2. The topological polar surface area (TPSA) is 40.5 Å². The van der Waals surface area contributed by atoms with Gasteiger partial charge in [-0.05, 0) is 56.1 Å². The van der Waals surface area contributed by atoms with Crippen LogP contribution in [0.2, 0.25) is 5.02 Å². The summed E-state index contributed by atoms with van der Waals surface area (Å²) in [6.07, 6.45) is 1.39. The summed E-state index contributed by atoms with van der Waals surface area (Å²) in [5.74, 6) is -0.900. The van der Waals surface area contributed by atoms with E-state index in [1.807, 2.05) is 18.2 Å². The Kier molecular flexibility index (Phi) is 5.22. The van der Waals surface area contributed by atoms with Gasteiger partial charge >= 0.3 is 5.97 Å². The molecule has 1 saturated heterocycles. The van der Waals surface area contributed by atoms with Gasteiger partial charge < -0.3 is 5.11 Å². The Labute approximate surface area is 147 Å². The molecule has 24 heavy (non-hydrogen) atoms. The number of hydrogen-bond acceptors (Lipinski definition) is 2. The van der Waals surface area contributed by atoms with Gasteiger partial charge in [0.15, 0.2) is 0 Å². The van der Waals surface area contributed by atoms with Gasteiger partial charge in [0.1, 0.15) is 0 Å². The van der Waals surface area contributed by atoms with Gasteiger partial charge in [-0.2, -0.15) is 0 Å². The molecule has 0 bridgehead atoms. The van der Waals surface area contributed by atoms with Crippen LogP contribution < -0.4 is 0 Å². The number of nitrogens with zero attached hydrogens (tertiary/aromatic N) is 1. The molecule has 3 rings (SSSR count). The highest BCUT2D eigenvalue weighted by atomic mass is 35.5. The summed E-state index contributed by atoms with van der Waals surface area (Å²) in [5.41, 5.74) is 3.60. The maximum atomic E-state index is 11.2. The molecule has 1 unspecified atom stereocenters. The van der Waals surface area contributed by atoms with Crippen LogP contribution in [0.1, 0.15) is 35.6 Å². The molecule has 126 valence electrons. The van der Waals surface area contributed by atoms with Crippen LogP contribution >= 0.6 is 11.6 Å². The Morgan fingerprint density at radius 1 is 1.12 bits per heavy atom. The molecule has 0 spiro atoms. The van der Waals surface area contributed by atoms with Crippen LogP contribution in [0.3, 0.4) is 0 Å². The van der Waals surface area contributed by atoms with Crippen LogP contribution in [-0.4, -0.2) is 29.1 Å². The predicted molar refractivity (Wildman–Crippen MR) is 96.4 cm³/mol. The summed E-state index contributed by atoms with van der Waals surface area (Å²) >= 11 is 6.22. The monoisotopic (exact) mass is 343 g/mol. The lowest BCUT2D eigenvalue weighted by molar-refractivity contribution is -0.143. The number of piperidine rings is 1. The average molecular weight is 344 g/mol. The molecule has 1 aliphatic heterocycles. The lowest BCUT2D eigenvalue weighted by atomic mass is 9.91. The quantitative estimate of drug-likeness (QED) is 0.886. The van der Waals surface area contributed by atoms with E-state index in [4.69, 9.17) is 11.6 Å². The molecule has 1 heterocycles. The van der Waals surface area contributed by atoms with Crippen LogP contribution in [0, 0.1) is 12.8 Å². The third-order valence-corrected chi connectivity index (χ3v) is 5.00. The van der Waals surface area contributed by atoms with Crippen LogP contribution in [0.25, 0.3) is 0 Å². The molecule has 0 radical (unpaired) electrons. The minimum atomic E-state index is -0.676. The maximum Gasteiger partial charge on any atom is 0.306 e. The standard InChI is InChI=1S/C20H22ClNO2/c1-14-4-2-5-16(12-14)19(17-6-3-7-18(21)13-17)22-10-8-15(9-11-22)20(23)24/h2-7,12-13,15,19H,8-11H2,1H3,(H,23,24). The van der Waals surface area contributed by atoms with Gasteiger partial charge in [0, 0.05) is 5.02 Å². The molecule has 0 aliphatic carbocycles. The zero-order chi connectivity index (χ0) is 17.1. The molecule has 1 fully saturated rings. The summed E-state index contributed by atoms with van der Waals surface area (Å²) in [6, 6.07) is 16.6. The Morgan fingerprint density at radius 2 is 1.75 bits per heavy atom. The Hall–Kier alpha value is -1.84. The van der Waals surface area contributed by atoms with Crippen molar-refractivity contribution in [2.24, 2.45) is 5.92 Å². The van der Waals surface area contributed by atoms with E-state index < -0.39 is 5.97 Å². The number of carboxylic acid groups (broad SMARTS) is 1. The maximum absolute atomic E-state index is 11.2. The van der Waals surface area contributed by atoms with Crippen LogP contribution in [0.4, 0.5) is 0 Å². The number of rotatable bonds is 4. The number of benzene rings is 2. The smallest absolute Gasteiger partial charge is 0.306 e. The van der Waals surface area contributed by atoms with Crippen LogP contribution in [0.5, 0.6) is 0 Å². The molecule has 1 N–H and O–H groups in total. The van der Waals surface area contributed by atoms with Crippen molar-refractivity contribution in [3.8, 4) is 0 Å². The summed E-state index contributed by atoms with van der Waals surface area (Å²) in [6.45, 7) is 3.65. The van der Waals surface area contributed by atoms with Gasteiger partial charge in [-0.1, -0.05) is 53.6 Å². The van der Waals surface area contributed by atoms with Crippen molar-refractivity contribution >= 4 is 17.6 Å². The number of hydrogen-bond donors (Lipinski definition) is 1. The van der Waals surface area contributed by atoms with E-state index in [0.29, 0.717) is 12.8 Å². The molecular weight excluding hydrogens is 322 g/mol. The van der Waals surface area contributed by atoms with Gasteiger partial charge in [-0.3, -0.25) is 9.69 Å². The molecule has 4 heteroatoms. The third kappa shape index (κ3) is 3.80. The van der Waals surface area contributed by atoms with E-state index in [1.54, 1.807) is 0 Å². The first-order chi connectivity index (χ1) is 11.5. The number of likely N-dealkylation sites (tertiary alicyclic amines) is 1. The normalized spacial score (nSPS) is 17.6. The highest BCUT2D eigenvalue weighted by Crippen LogP contribution is 2.33. The number of aliphatic carboxylic acids is 1. The minimum Gasteiger partial charge on any atom is -0.481 e. The minimum absolute atomic E-state index is 0.110. The van der Waals surface area contributed by atoms with Crippen molar-refractivity contribution in [2.75, 3.05) is 13.1 Å². The van der Waals surface area contributed by atoms with Crippen molar-refractivity contribution in [2.45, 2.75) is 25.8 Å². The molecule has 1 aliphatic rings. The fourth-order valence-electron chi connectivity index (χ4n) is 3.54. The van der Waals surface area contributed by atoms with E-state index in [2.05, 4.69) is 42.2 Å². The number of aryl methyl sites for hydroxylation is 1. The SMILES string of the molecule is Cc1cccc(C(c2cccc(Cl)c2)N2CCC(C(=O)O)CC2)c1. The Morgan fingerprint density at radius 3 is 2.33 bits per heavy atom.